The molecule has 0 radical (unpaired) electrons. The summed E-state index contributed by atoms with van der Waals surface area (Å²) in [4.78, 5) is 35.7. The largest absolute Gasteiger partial charge is 0.468 e. The standard InChI is InChI=1S/C16H21N7O3S/c1-3-22-12-13(19-15(22)21-8-5-18-6-9-21)20-16(27-10-11(24)26-2)23(7-4-17)14(12)25/h18H,3,5-10H2,1-2H3. The summed E-state index contributed by atoms with van der Waals surface area (Å²) in [5.41, 5.74) is 0.380. The molecule has 144 valence electrons. The summed E-state index contributed by atoms with van der Waals surface area (Å²) < 4.78 is 7.77. The molecular weight excluding hydrogens is 370 g/mol. The highest BCUT2D eigenvalue weighted by Crippen LogP contribution is 2.23. The van der Waals surface area contributed by atoms with Crippen LogP contribution in [-0.2, 0) is 22.6 Å². The Morgan fingerprint density at radius 2 is 2.07 bits per heavy atom. The van der Waals surface area contributed by atoms with Crippen LogP contribution in [0.25, 0.3) is 11.2 Å². The fourth-order valence-corrected chi connectivity index (χ4v) is 3.81. The molecule has 1 N–H and O–H groups in total. The van der Waals surface area contributed by atoms with Gasteiger partial charge in [-0.3, -0.25) is 14.2 Å². The van der Waals surface area contributed by atoms with Gasteiger partial charge in [0.15, 0.2) is 16.3 Å². The maximum atomic E-state index is 13.1. The summed E-state index contributed by atoms with van der Waals surface area (Å²) in [6, 6.07) is 1.98. The highest BCUT2D eigenvalue weighted by molar-refractivity contribution is 7.99. The predicted octanol–water partition coefficient (Wildman–Crippen LogP) is -0.189. The molecule has 1 aliphatic rings. The first kappa shape index (κ1) is 19.2. The second-order valence-corrected chi connectivity index (χ2v) is 6.82. The number of methoxy groups -OCH3 is 1. The monoisotopic (exact) mass is 391 g/mol. The SMILES string of the molecule is CCn1c(N2CCNCC2)nc2nc(SCC(=O)OC)n(CC#N)c(=O)c21. The molecule has 3 heterocycles. The van der Waals surface area contributed by atoms with Crippen LogP contribution < -0.4 is 15.8 Å². The van der Waals surface area contributed by atoms with Crippen molar-refractivity contribution in [2.24, 2.45) is 0 Å². The van der Waals surface area contributed by atoms with E-state index in [4.69, 9.17) is 5.26 Å². The smallest absolute Gasteiger partial charge is 0.316 e. The van der Waals surface area contributed by atoms with Gasteiger partial charge in [-0.05, 0) is 6.92 Å². The molecule has 11 heteroatoms. The third-order valence-electron chi connectivity index (χ3n) is 4.30. The highest BCUT2D eigenvalue weighted by Gasteiger charge is 2.23. The van der Waals surface area contributed by atoms with Gasteiger partial charge in [0.2, 0.25) is 5.95 Å². The van der Waals surface area contributed by atoms with E-state index in [1.807, 2.05) is 17.6 Å². The van der Waals surface area contributed by atoms with Crippen molar-refractivity contribution in [2.75, 3.05) is 43.9 Å². The van der Waals surface area contributed by atoms with Crippen LogP contribution in [0.5, 0.6) is 0 Å². The summed E-state index contributed by atoms with van der Waals surface area (Å²) in [6.45, 7) is 5.63. The summed E-state index contributed by atoms with van der Waals surface area (Å²) in [6.07, 6.45) is 0. The third-order valence-corrected chi connectivity index (χ3v) is 5.25. The molecule has 10 nitrogen and oxygen atoms in total. The van der Waals surface area contributed by atoms with Crippen molar-refractivity contribution in [3.63, 3.8) is 0 Å². The topological polar surface area (TPSA) is 118 Å². The van der Waals surface area contributed by atoms with Crippen molar-refractivity contribution in [3.8, 4) is 6.07 Å². The number of anilines is 1. The number of aryl methyl sites for hydroxylation is 1. The minimum atomic E-state index is -0.432. The van der Waals surface area contributed by atoms with Gasteiger partial charge in [-0.2, -0.15) is 10.2 Å². The van der Waals surface area contributed by atoms with Gasteiger partial charge in [-0.1, -0.05) is 11.8 Å². The van der Waals surface area contributed by atoms with Gasteiger partial charge in [0, 0.05) is 32.7 Å². The molecule has 3 rings (SSSR count). The van der Waals surface area contributed by atoms with Gasteiger partial charge >= 0.3 is 5.97 Å². The maximum absolute atomic E-state index is 13.1. The number of nitriles is 1. The van der Waals surface area contributed by atoms with Crippen molar-refractivity contribution in [2.45, 2.75) is 25.2 Å². The summed E-state index contributed by atoms with van der Waals surface area (Å²) >= 11 is 1.06. The summed E-state index contributed by atoms with van der Waals surface area (Å²) in [7, 11) is 1.30. The van der Waals surface area contributed by atoms with E-state index in [0.717, 1.165) is 37.9 Å². The number of rotatable bonds is 6. The normalized spacial score (nSPS) is 14.3. The van der Waals surface area contributed by atoms with Gasteiger partial charge < -0.3 is 19.5 Å². The molecule has 0 unspecified atom stereocenters. The van der Waals surface area contributed by atoms with Gasteiger partial charge in [0.1, 0.15) is 6.54 Å². The van der Waals surface area contributed by atoms with Gasteiger partial charge in [-0.15, -0.1) is 0 Å². The number of fused-ring (bicyclic) bond motifs is 1. The zero-order chi connectivity index (χ0) is 19.4. The van der Waals surface area contributed by atoms with E-state index in [9.17, 15) is 9.59 Å². The minimum Gasteiger partial charge on any atom is -0.468 e. The van der Waals surface area contributed by atoms with Crippen LogP contribution in [-0.4, -0.2) is 64.1 Å². The molecule has 0 bridgehead atoms. The molecular formula is C16H21N7O3S. The fraction of sp³-hybridized carbons (Fsp3) is 0.562. The number of hydrogen-bond acceptors (Lipinski definition) is 9. The van der Waals surface area contributed by atoms with E-state index in [2.05, 4.69) is 24.9 Å². The molecule has 0 saturated carbocycles. The average Bonchev–Trinajstić information content (AvgIpc) is 3.08. The summed E-state index contributed by atoms with van der Waals surface area (Å²) in [5.74, 6) is 0.273. The van der Waals surface area contributed by atoms with E-state index in [1.54, 1.807) is 0 Å². The van der Waals surface area contributed by atoms with Crippen molar-refractivity contribution in [1.82, 2.24) is 24.4 Å². The molecule has 1 aliphatic heterocycles. The molecule has 1 saturated heterocycles. The highest BCUT2D eigenvalue weighted by atomic mass is 32.2. The van der Waals surface area contributed by atoms with Crippen molar-refractivity contribution in [3.05, 3.63) is 10.4 Å². The van der Waals surface area contributed by atoms with Crippen molar-refractivity contribution in [1.29, 1.82) is 5.26 Å². The first-order valence-electron chi connectivity index (χ1n) is 8.64. The van der Waals surface area contributed by atoms with Gasteiger partial charge in [-0.25, -0.2) is 4.98 Å². The Kier molecular flexibility index (Phi) is 5.98. The number of thioether (sulfide) groups is 1. The molecule has 0 amide bonds. The van der Waals surface area contributed by atoms with Crippen LogP contribution in [0.1, 0.15) is 6.92 Å². The fourth-order valence-electron chi connectivity index (χ4n) is 2.99. The number of imidazole rings is 1. The lowest BCUT2D eigenvalue weighted by atomic mass is 10.4. The molecule has 0 aromatic carbocycles. The number of carbonyl (C=O) groups excluding carboxylic acids is 1. The van der Waals surface area contributed by atoms with Crippen LogP contribution >= 0.6 is 11.8 Å². The third kappa shape index (κ3) is 3.77. The van der Waals surface area contributed by atoms with Crippen molar-refractivity contribution >= 4 is 34.8 Å². The van der Waals surface area contributed by atoms with E-state index >= 15 is 0 Å². The van der Waals surface area contributed by atoms with Crippen LogP contribution in [0.2, 0.25) is 0 Å². The van der Waals surface area contributed by atoms with Crippen molar-refractivity contribution < 1.29 is 9.53 Å². The maximum Gasteiger partial charge on any atom is 0.316 e. The average molecular weight is 391 g/mol. The van der Waals surface area contributed by atoms with Crippen LogP contribution in [0.3, 0.4) is 0 Å². The predicted molar refractivity (Wildman–Crippen MR) is 101 cm³/mol. The minimum absolute atomic E-state index is 0.000979. The molecule has 27 heavy (non-hydrogen) atoms. The molecule has 0 atom stereocenters. The number of nitrogens with zero attached hydrogens (tertiary/aromatic N) is 6. The number of esters is 1. The Bertz CT molecular complexity index is 940. The van der Waals surface area contributed by atoms with E-state index < -0.39 is 5.97 Å². The first-order valence-corrected chi connectivity index (χ1v) is 9.62. The van der Waals surface area contributed by atoms with E-state index in [0.29, 0.717) is 23.7 Å². The molecule has 0 aliphatic carbocycles. The second kappa shape index (κ2) is 8.41. The first-order chi connectivity index (χ1) is 13.1. The Morgan fingerprint density at radius 1 is 1.33 bits per heavy atom. The van der Waals surface area contributed by atoms with E-state index in [-0.39, 0.29) is 23.0 Å². The quantitative estimate of drug-likeness (QED) is 0.406. The van der Waals surface area contributed by atoms with E-state index in [1.165, 1.54) is 11.7 Å². The van der Waals surface area contributed by atoms with Gasteiger partial charge in [0.05, 0.1) is 18.9 Å². The Labute approximate surface area is 160 Å². The Hall–Kier alpha value is -2.58. The van der Waals surface area contributed by atoms with Crippen LogP contribution in [0.15, 0.2) is 9.95 Å². The number of carbonyl (C=O) groups is 1. The summed E-state index contributed by atoms with van der Waals surface area (Å²) in [5, 5.41) is 12.7. The number of ether oxygens (including phenoxy) is 1. The second-order valence-electron chi connectivity index (χ2n) is 5.87. The zero-order valence-corrected chi connectivity index (χ0v) is 16.1. The lowest BCUT2D eigenvalue weighted by Gasteiger charge is -2.28. The molecule has 0 spiro atoms. The lowest BCUT2D eigenvalue weighted by Crippen LogP contribution is -2.44. The number of piperazine rings is 1. The molecule has 1 fully saturated rings. The number of nitrogens with one attached hydrogen (secondary N) is 1. The van der Waals surface area contributed by atoms with Crippen LogP contribution in [0.4, 0.5) is 5.95 Å². The number of hydrogen-bond donors (Lipinski definition) is 1. The van der Waals surface area contributed by atoms with Crippen LogP contribution in [0, 0.1) is 11.3 Å². The zero-order valence-electron chi connectivity index (χ0n) is 15.3. The number of aromatic nitrogens is 4. The lowest BCUT2D eigenvalue weighted by molar-refractivity contribution is -0.137. The Morgan fingerprint density at radius 3 is 2.70 bits per heavy atom. The Balaban J connectivity index is 2.12. The molecule has 2 aromatic rings. The molecule has 2 aromatic heterocycles. The van der Waals surface area contributed by atoms with Gasteiger partial charge in [0.25, 0.3) is 5.56 Å².